The molecule has 0 aliphatic heterocycles. The lowest BCUT2D eigenvalue weighted by Crippen LogP contribution is -2.15. The summed E-state index contributed by atoms with van der Waals surface area (Å²) in [7, 11) is 1.26. The van der Waals surface area contributed by atoms with E-state index in [9.17, 15) is 19.7 Å². The molecule has 0 radical (unpaired) electrons. The van der Waals surface area contributed by atoms with Gasteiger partial charge in [0, 0.05) is 17.0 Å². The number of methoxy groups -OCH3 is 1. The molecule has 3 aromatic rings. The fourth-order valence-corrected chi connectivity index (χ4v) is 3.65. The average molecular weight is 396 g/mol. The number of amides is 1. The summed E-state index contributed by atoms with van der Waals surface area (Å²) in [6.07, 6.45) is 0. The van der Waals surface area contributed by atoms with Crippen LogP contribution in [-0.2, 0) is 4.74 Å². The third-order valence-corrected chi connectivity index (χ3v) is 5.01. The predicted molar refractivity (Wildman–Crippen MR) is 107 cm³/mol. The van der Waals surface area contributed by atoms with Crippen molar-refractivity contribution in [3.8, 4) is 11.1 Å². The van der Waals surface area contributed by atoms with Crippen LogP contribution in [0.5, 0.6) is 0 Å². The Labute approximate surface area is 164 Å². The average Bonchev–Trinajstić information content (AvgIpc) is 3.11. The number of nitrogens with zero attached hydrogens (tertiary/aromatic N) is 1. The Morgan fingerprint density at radius 3 is 2.43 bits per heavy atom. The molecule has 2 aromatic carbocycles. The number of ether oxygens (including phenoxy) is 1. The first kappa shape index (κ1) is 19.2. The van der Waals surface area contributed by atoms with Crippen LogP contribution in [0.4, 0.5) is 10.7 Å². The van der Waals surface area contributed by atoms with E-state index in [1.807, 2.05) is 31.2 Å². The minimum absolute atomic E-state index is 0.0893. The van der Waals surface area contributed by atoms with Gasteiger partial charge in [-0.15, -0.1) is 11.3 Å². The van der Waals surface area contributed by atoms with Crippen molar-refractivity contribution in [2.45, 2.75) is 6.92 Å². The fraction of sp³-hybridized carbons (Fsp3) is 0.100. The zero-order valence-corrected chi connectivity index (χ0v) is 15.9. The molecule has 1 amide bonds. The number of rotatable bonds is 5. The van der Waals surface area contributed by atoms with E-state index in [2.05, 4.69) is 5.32 Å². The van der Waals surface area contributed by atoms with Crippen molar-refractivity contribution in [2.75, 3.05) is 12.4 Å². The van der Waals surface area contributed by atoms with Crippen LogP contribution in [0.15, 0.2) is 53.9 Å². The summed E-state index contributed by atoms with van der Waals surface area (Å²) >= 11 is 1.15. The molecule has 0 atom stereocenters. The second-order valence-corrected chi connectivity index (χ2v) is 6.82. The third kappa shape index (κ3) is 3.77. The van der Waals surface area contributed by atoms with Gasteiger partial charge in [0.2, 0.25) is 0 Å². The molecule has 0 spiro atoms. The second-order valence-electron chi connectivity index (χ2n) is 5.94. The van der Waals surface area contributed by atoms with Gasteiger partial charge in [0.25, 0.3) is 11.6 Å². The molecule has 0 fully saturated rings. The van der Waals surface area contributed by atoms with E-state index in [4.69, 9.17) is 4.74 Å². The van der Waals surface area contributed by atoms with Crippen LogP contribution in [0.1, 0.15) is 26.3 Å². The molecule has 3 rings (SSSR count). The van der Waals surface area contributed by atoms with Crippen molar-refractivity contribution in [1.29, 1.82) is 0 Å². The van der Waals surface area contributed by atoms with E-state index >= 15 is 0 Å². The van der Waals surface area contributed by atoms with Crippen LogP contribution in [0, 0.1) is 17.0 Å². The maximum Gasteiger partial charge on any atom is 0.341 e. The Bertz CT molecular complexity index is 1060. The molecular weight excluding hydrogens is 380 g/mol. The van der Waals surface area contributed by atoms with Crippen LogP contribution in [-0.4, -0.2) is 23.9 Å². The van der Waals surface area contributed by atoms with E-state index in [-0.39, 0.29) is 21.8 Å². The summed E-state index contributed by atoms with van der Waals surface area (Å²) in [4.78, 5) is 35.6. The first-order valence-corrected chi connectivity index (χ1v) is 9.12. The van der Waals surface area contributed by atoms with Gasteiger partial charge in [-0.05, 0) is 18.6 Å². The molecule has 7 nitrogen and oxygen atoms in total. The molecule has 0 aliphatic rings. The van der Waals surface area contributed by atoms with E-state index in [0.29, 0.717) is 5.56 Å². The first-order valence-electron chi connectivity index (χ1n) is 8.24. The molecule has 142 valence electrons. The highest BCUT2D eigenvalue weighted by Gasteiger charge is 2.25. The molecule has 1 N–H and O–H groups in total. The van der Waals surface area contributed by atoms with Gasteiger partial charge in [0.15, 0.2) is 0 Å². The molecule has 0 bridgehead atoms. The normalized spacial score (nSPS) is 10.4. The van der Waals surface area contributed by atoms with Crippen molar-refractivity contribution in [2.24, 2.45) is 0 Å². The standard InChI is InChI=1S/C20H16N2O5S/c1-12-7-9-13(10-8-12)15-11-28-19(17(15)20(24)27-2)21-18(23)14-5-3-4-6-16(14)22(25)26/h3-11H,1-2H3,(H,21,23). The quantitative estimate of drug-likeness (QED) is 0.384. The van der Waals surface area contributed by atoms with E-state index in [0.717, 1.165) is 22.5 Å². The maximum atomic E-state index is 12.6. The highest BCUT2D eigenvalue weighted by molar-refractivity contribution is 7.15. The summed E-state index contributed by atoms with van der Waals surface area (Å²) in [5.74, 6) is -1.27. The highest BCUT2D eigenvalue weighted by Crippen LogP contribution is 2.36. The number of thiophene rings is 1. The monoisotopic (exact) mass is 396 g/mol. The van der Waals surface area contributed by atoms with Crippen LogP contribution in [0.25, 0.3) is 11.1 Å². The lowest BCUT2D eigenvalue weighted by molar-refractivity contribution is -0.385. The number of esters is 1. The van der Waals surface area contributed by atoms with Gasteiger partial charge < -0.3 is 10.1 Å². The minimum Gasteiger partial charge on any atom is -0.465 e. The van der Waals surface area contributed by atoms with Gasteiger partial charge in [0.1, 0.15) is 16.1 Å². The van der Waals surface area contributed by atoms with Gasteiger partial charge in [-0.3, -0.25) is 14.9 Å². The first-order chi connectivity index (χ1) is 13.4. The zero-order chi connectivity index (χ0) is 20.3. The lowest BCUT2D eigenvalue weighted by atomic mass is 10.0. The Hall–Kier alpha value is -3.52. The number of nitro groups is 1. The number of aryl methyl sites for hydroxylation is 1. The minimum atomic E-state index is -0.672. The number of carbonyl (C=O) groups is 2. The van der Waals surface area contributed by atoms with Gasteiger partial charge >= 0.3 is 5.97 Å². The van der Waals surface area contributed by atoms with Crippen molar-refractivity contribution in [1.82, 2.24) is 0 Å². The molecule has 0 aliphatic carbocycles. The Kier molecular flexibility index (Phi) is 5.51. The number of hydrogen-bond acceptors (Lipinski definition) is 6. The van der Waals surface area contributed by atoms with E-state index in [1.165, 1.54) is 31.4 Å². The van der Waals surface area contributed by atoms with Crippen molar-refractivity contribution >= 4 is 33.9 Å². The van der Waals surface area contributed by atoms with Gasteiger partial charge in [-0.1, -0.05) is 42.0 Å². The third-order valence-electron chi connectivity index (χ3n) is 4.12. The number of para-hydroxylation sites is 1. The summed E-state index contributed by atoms with van der Waals surface area (Å²) in [6.45, 7) is 1.96. The highest BCUT2D eigenvalue weighted by atomic mass is 32.1. The fourth-order valence-electron chi connectivity index (χ4n) is 2.70. The van der Waals surface area contributed by atoms with Crippen molar-refractivity contribution in [3.05, 3.63) is 80.7 Å². The zero-order valence-electron chi connectivity index (χ0n) is 15.1. The number of nitrogens with one attached hydrogen (secondary N) is 1. The van der Waals surface area contributed by atoms with Crippen LogP contribution < -0.4 is 5.32 Å². The van der Waals surface area contributed by atoms with Gasteiger partial charge in [-0.2, -0.15) is 0 Å². The Balaban J connectivity index is 2.01. The molecule has 1 aromatic heterocycles. The molecule has 28 heavy (non-hydrogen) atoms. The topological polar surface area (TPSA) is 98.5 Å². The second kappa shape index (κ2) is 8.01. The van der Waals surface area contributed by atoms with Crippen molar-refractivity contribution < 1.29 is 19.2 Å². The number of carbonyl (C=O) groups excluding carboxylic acids is 2. The van der Waals surface area contributed by atoms with E-state index < -0.39 is 16.8 Å². The SMILES string of the molecule is COC(=O)c1c(-c2ccc(C)cc2)csc1NC(=O)c1ccccc1[N+](=O)[O-]. The summed E-state index contributed by atoms with van der Waals surface area (Å²) in [5, 5.41) is 15.8. The van der Waals surface area contributed by atoms with Gasteiger partial charge in [0.05, 0.1) is 12.0 Å². The van der Waals surface area contributed by atoms with Crippen molar-refractivity contribution in [3.63, 3.8) is 0 Å². The van der Waals surface area contributed by atoms with Crippen LogP contribution >= 0.6 is 11.3 Å². The predicted octanol–water partition coefficient (Wildman–Crippen LogP) is 4.67. The summed E-state index contributed by atoms with van der Waals surface area (Å²) in [6, 6.07) is 13.2. The number of anilines is 1. The number of hydrogen-bond donors (Lipinski definition) is 1. The summed E-state index contributed by atoms with van der Waals surface area (Å²) in [5.41, 5.74) is 2.30. The van der Waals surface area contributed by atoms with Crippen LogP contribution in [0.2, 0.25) is 0 Å². The number of nitro benzene ring substituents is 1. The molecule has 0 saturated carbocycles. The Morgan fingerprint density at radius 2 is 1.79 bits per heavy atom. The molecule has 1 heterocycles. The van der Waals surface area contributed by atoms with Gasteiger partial charge in [-0.25, -0.2) is 4.79 Å². The maximum absolute atomic E-state index is 12.6. The molecular formula is C20H16N2O5S. The summed E-state index contributed by atoms with van der Waals surface area (Å²) < 4.78 is 4.88. The molecule has 0 saturated heterocycles. The largest absolute Gasteiger partial charge is 0.465 e. The van der Waals surface area contributed by atoms with E-state index in [1.54, 1.807) is 5.38 Å². The van der Waals surface area contributed by atoms with Crippen LogP contribution in [0.3, 0.4) is 0 Å². The molecule has 0 unspecified atom stereocenters. The smallest absolute Gasteiger partial charge is 0.341 e. The lowest BCUT2D eigenvalue weighted by Gasteiger charge is -2.08. The molecule has 8 heteroatoms. The Morgan fingerprint density at radius 1 is 1.11 bits per heavy atom. The number of benzene rings is 2.